The molecule has 4 aliphatic carbocycles. The van der Waals surface area contributed by atoms with Gasteiger partial charge in [0.1, 0.15) is 0 Å². The molecule has 0 saturated heterocycles. The third-order valence-electron chi connectivity index (χ3n) is 5.80. The third-order valence-corrected chi connectivity index (χ3v) is 6.75. The van der Waals surface area contributed by atoms with Gasteiger partial charge in [-0.25, -0.2) is 4.98 Å². The van der Waals surface area contributed by atoms with Crippen molar-refractivity contribution in [3.8, 4) is 5.88 Å². The lowest BCUT2D eigenvalue weighted by Gasteiger charge is -2.58. The number of thiazole rings is 1. The third kappa shape index (κ3) is 2.84. The highest BCUT2D eigenvalue weighted by Crippen LogP contribution is 2.55. The number of aliphatic hydroxyl groups is 1. The highest BCUT2D eigenvalue weighted by molar-refractivity contribution is 7.13. The molecular weight excluding hydrogens is 324 g/mol. The Morgan fingerprint density at radius 3 is 2.58 bits per heavy atom. The molecule has 4 fully saturated rings. The van der Waals surface area contributed by atoms with Gasteiger partial charge in [-0.2, -0.15) is 0 Å². The van der Waals surface area contributed by atoms with Crippen molar-refractivity contribution in [2.45, 2.75) is 70.6 Å². The molecule has 2 N–H and O–H groups in total. The van der Waals surface area contributed by atoms with E-state index >= 15 is 0 Å². The fourth-order valence-electron chi connectivity index (χ4n) is 5.29. The number of carbonyl (C=O) groups excluding carboxylic acids is 1. The van der Waals surface area contributed by atoms with E-state index in [0.29, 0.717) is 28.5 Å². The van der Waals surface area contributed by atoms with Crippen LogP contribution in [0.4, 0.5) is 0 Å². The molecule has 2 atom stereocenters. The van der Waals surface area contributed by atoms with Crippen molar-refractivity contribution in [2.75, 3.05) is 0 Å². The van der Waals surface area contributed by atoms with Gasteiger partial charge in [-0.1, -0.05) is 0 Å². The van der Waals surface area contributed by atoms with E-state index in [2.05, 4.69) is 10.3 Å². The van der Waals surface area contributed by atoms with Crippen molar-refractivity contribution in [1.82, 2.24) is 10.3 Å². The Labute approximate surface area is 146 Å². The molecule has 2 unspecified atom stereocenters. The summed E-state index contributed by atoms with van der Waals surface area (Å²) >= 11 is 1.39. The van der Waals surface area contributed by atoms with E-state index < -0.39 is 5.60 Å². The van der Waals surface area contributed by atoms with Crippen molar-refractivity contribution in [1.29, 1.82) is 0 Å². The number of aromatic nitrogens is 1. The maximum atomic E-state index is 12.8. The molecule has 6 heteroatoms. The number of nitrogens with zero attached hydrogens (tertiary/aromatic N) is 1. The molecule has 4 bridgehead atoms. The van der Waals surface area contributed by atoms with Gasteiger partial charge in [-0.3, -0.25) is 4.79 Å². The van der Waals surface area contributed by atoms with Crippen LogP contribution in [-0.4, -0.2) is 33.7 Å². The molecule has 132 valence electrons. The van der Waals surface area contributed by atoms with Crippen molar-refractivity contribution < 1.29 is 14.6 Å². The number of hydrogen-bond acceptors (Lipinski definition) is 5. The van der Waals surface area contributed by atoms with Gasteiger partial charge in [-0.15, -0.1) is 11.3 Å². The number of hydrogen-bond donors (Lipinski definition) is 2. The van der Waals surface area contributed by atoms with E-state index in [0.717, 1.165) is 37.1 Å². The Balaban J connectivity index is 1.51. The molecule has 4 saturated carbocycles. The summed E-state index contributed by atoms with van der Waals surface area (Å²) in [5.74, 6) is 1.85. The average Bonchev–Trinajstić information content (AvgIpc) is 2.80. The largest absolute Gasteiger partial charge is 0.474 e. The number of ether oxygens (including phenoxy) is 1. The zero-order chi connectivity index (χ0) is 17.1. The van der Waals surface area contributed by atoms with Crippen molar-refractivity contribution in [2.24, 2.45) is 17.8 Å². The first-order valence-electron chi connectivity index (χ1n) is 9.00. The second kappa shape index (κ2) is 5.70. The average molecular weight is 350 g/mol. The number of nitrogens with one attached hydrogen (secondary N) is 1. The van der Waals surface area contributed by atoms with Gasteiger partial charge in [0.25, 0.3) is 5.91 Å². The molecule has 24 heavy (non-hydrogen) atoms. The summed E-state index contributed by atoms with van der Waals surface area (Å²) in [6.45, 7) is 5.77. The van der Waals surface area contributed by atoms with E-state index in [-0.39, 0.29) is 18.1 Å². The van der Waals surface area contributed by atoms with Gasteiger partial charge >= 0.3 is 0 Å². The van der Waals surface area contributed by atoms with Crippen molar-refractivity contribution in [3.63, 3.8) is 0 Å². The van der Waals surface area contributed by atoms with E-state index in [9.17, 15) is 9.90 Å². The zero-order valence-corrected chi connectivity index (χ0v) is 15.4. The number of amides is 1. The predicted molar refractivity (Wildman–Crippen MR) is 92.4 cm³/mol. The van der Waals surface area contributed by atoms with Crippen LogP contribution in [-0.2, 0) is 0 Å². The van der Waals surface area contributed by atoms with E-state index in [4.69, 9.17) is 4.74 Å². The standard InChI is InChI=1S/C18H26N2O3S/c1-9(2)23-17-15(24-10(3)19-17)16(21)20-14-12-4-11-5-13(14)8-18(22,6-11)7-12/h9,11-14,22H,4-8H2,1-3H3,(H,20,21). The summed E-state index contributed by atoms with van der Waals surface area (Å²) in [5, 5.41) is 14.8. The highest BCUT2D eigenvalue weighted by Gasteiger charge is 2.55. The zero-order valence-electron chi connectivity index (χ0n) is 14.5. The maximum absolute atomic E-state index is 12.8. The Morgan fingerprint density at radius 1 is 1.33 bits per heavy atom. The van der Waals surface area contributed by atoms with Gasteiger partial charge in [0, 0.05) is 6.04 Å². The van der Waals surface area contributed by atoms with Crippen LogP contribution in [0, 0.1) is 24.7 Å². The minimum absolute atomic E-state index is 0.00605. The van der Waals surface area contributed by atoms with Crippen LogP contribution in [0.1, 0.15) is 60.6 Å². The molecule has 4 aliphatic rings. The number of carbonyl (C=O) groups is 1. The molecule has 0 radical (unpaired) electrons. The first-order chi connectivity index (χ1) is 11.3. The topological polar surface area (TPSA) is 71.5 Å². The van der Waals surface area contributed by atoms with Gasteiger partial charge < -0.3 is 15.2 Å². The molecule has 0 aromatic carbocycles. The minimum atomic E-state index is -0.468. The first kappa shape index (κ1) is 16.3. The van der Waals surface area contributed by atoms with E-state index in [1.807, 2.05) is 20.8 Å². The summed E-state index contributed by atoms with van der Waals surface area (Å²) in [4.78, 5) is 17.8. The second-order valence-corrected chi connectivity index (χ2v) is 9.43. The maximum Gasteiger partial charge on any atom is 0.267 e. The van der Waals surface area contributed by atoms with Crippen LogP contribution in [0.25, 0.3) is 0 Å². The summed E-state index contributed by atoms with van der Waals surface area (Å²) < 4.78 is 5.71. The second-order valence-electron chi connectivity index (χ2n) is 8.23. The summed E-state index contributed by atoms with van der Waals surface area (Å²) in [5.41, 5.74) is -0.468. The Kier molecular flexibility index (Phi) is 3.88. The van der Waals surface area contributed by atoms with Crippen molar-refractivity contribution >= 4 is 17.2 Å². The Bertz CT molecular complexity index is 641. The van der Waals surface area contributed by atoms with Crippen LogP contribution in [0.5, 0.6) is 5.88 Å². The van der Waals surface area contributed by atoms with Gasteiger partial charge in [-0.05, 0) is 70.6 Å². The minimum Gasteiger partial charge on any atom is -0.474 e. The lowest BCUT2D eigenvalue weighted by molar-refractivity contribution is -0.136. The molecule has 1 amide bonds. The highest BCUT2D eigenvalue weighted by atomic mass is 32.1. The van der Waals surface area contributed by atoms with Crippen LogP contribution in [0.15, 0.2) is 0 Å². The molecule has 0 aliphatic heterocycles. The molecule has 1 aromatic heterocycles. The molecular formula is C18H26N2O3S. The summed E-state index contributed by atoms with van der Waals surface area (Å²) in [6, 6.07) is 0.184. The van der Waals surface area contributed by atoms with Crippen LogP contribution in [0.3, 0.4) is 0 Å². The van der Waals surface area contributed by atoms with Crippen molar-refractivity contribution in [3.05, 3.63) is 9.88 Å². The normalized spacial score (nSPS) is 37.0. The Morgan fingerprint density at radius 2 is 2.00 bits per heavy atom. The molecule has 0 spiro atoms. The van der Waals surface area contributed by atoms with Gasteiger partial charge in [0.15, 0.2) is 4.88 Å². The van der Waals surface area contributed by atoms with Gasteiger partial charge in [0.2, 0.25) is 5.88 Å². The quantitative estimate of drug-likeness (QED) is 0.876. The lowest BCUT2D eigenvalue weighted by atomic mass is 9.52. The monoisotopic (exact) mass is 350 g/mol. The SMILES string of the molecule is Cc1nc(OC(C)C)c(C(=O)NC2C3CC4CC2CC(O)(C4)C3)s1. The van der Waals surface area contributed by atoms with Crippen LogP contribution >= 0.6 is 11.3 Å². The molecule has 1 heterocycles. The number of aryl methyl sites for hydroxylation is 1. The first-order valence-corrected chi connectivity index (χ1v) is 9.82. The van der Waals surface area contributed by atoms with Crippen LogP contribution < -0.4 is 10.1 Å². The smallest absolute Gasteiger partial charge is 0.267 e. The summed E-state index contributed by atoms with van der Waals surface area (Å²) in [7, 11) is 0. The molecule has 5 rings (SSSR count). The van der Waals surface area contributed by atoms with E-state index in [1.54, 1.807) is 0 Å². The predicted octanol–water partition coefficient (Wildman–Crippen LogP) is 2.91. The van der Waals surface area contributed by atoms with E-state index in [1.165, 1.54) is 11.3 Å². The Hall–Kier alpha value is -1.14. The molecule has 5 nitrogen and oxygen atoms in total. The van der Waals surface area contributed by atoms with Gasteiger partial charge in [0.05, 0.1) is 16.7 Å². The number of rotatable bonds is 4. The molecule has 1 aromatic rings. The van der Waals surface area contributed by atoms with Crippen LogP contribution in [0.2, 0.25) is 0 Å². The fourth-order valence-corrected chi connectivity index (χ4v) is 6.05. The fraction of sp³-hybridized carbons (Fsp3) is 0.778. The summed E-state index contributed by atoms with van der Waals surface area (Å²) in [6.07, 6.45) is 4.90. The lowest BCUT2D eigenvalue weighted by Crippen LogP contribution is -2.61.